The van der Waals surface area contributed by atoms with Crippen LogP contribution in [0.1, 0.15) is 6.42 Å². The van der Waals surface area contributed by atoms with Gasteiger partial charge in [0.2, 0.25) is 10.0 Å². The zero-order valence-electron chi connectivity index (χ0n) is 7.77. The third-order valence-corrected chi connectivity index (χ3v) is 3.57. The predicted molar refractivity (Wildman–Crippen MR) is 56.8 cm³/mol. The zero-order chi connectivity index (χ0) is 10.6. The second-order valence-electron chi connectivity index (χ2n) is 2.79. The number of aryl methyl sites for hydroxylation is 1. The molecule has 1 heterocycles. The summed E-state index contributed by atoms with van der Waals surface area (Å²) in [4.78, 5) is 0.203. The van der Waals surface area contributed by atoms with Gasteiger partial charge in [-0.1, -0.05) is 15.9 Å². The lowest BCUT2D eigenvalue weighted by molar-refractivity contribution is 0.581. The van der Waals surface area contributed by atoms with Crippen molar-refractivity contribution in [1.82, 2.24) is 14.5 Å². The van der Waals surface area contributed by atoms with Crippen molar-refractivity contribution in [3.8, 4) is 0 Å². The van der Waals surface area contributed by atoms with Crippen LogP contribution in [0, 0.1) is 0 Å². The van der Waals surface area contributed by atoms with Gasteiger partial charge in [-0.25, -0.2) is 13.1 Å². The molecule has 0 radical (unpaired) electrons. The largest absolute Gasteiger partial charge is 0.274 e. The van der Waals surface area contributed by atoms with Crippen molar-refractivity contribution >= 4 is 26.0 Å². The lowest BCUT2D eigenvalue weighted by Gasteiger charge is -2.02. The van der Waals surface area contributed by atoms with E-state index in [9.17, 15) is 8.42 Å². The van der Waals surface area contributed by atoms with Crippen LogP contribution < -0.4 is 4.72 Å². The summed E-state index contributed by atoms with van der Waals surface area (Å²) in [5.41, 5.74) is 0. The third-order valence-electron chi connectivity index (χ3n) is 1.59. The van der Waals surface area contributed by atoms with E-state index >= 15 is 0 Å². The number of hydrogen-bond donors (Lipinski definition) is 1. The van der Waals surface area contributed by atoms with E-state index in [0.29, 0.717) is 6.54 Å². The van der Waals surface area contributed by atoms with Crippen molar-refractivity contribution in [2.75, 3.05) is 11.9 Å². The third kappa shape index (κ3) is 3.07. The number of nitrogens with one attached hydrogen (secondary N) is 1. The Morgan fingerprint density at radius 3 is 2.86 bits per heavy atom. The fourth-order valence-corrected chi connectivity index (χ4v) is 2.23. The molecule has 0 bridgehead atoms. The molecule has 0 saturated heterocycles. The van der Waals surface area contributed by atoms with Crippen LogP contribution in [0.15, 0.2) is 17.3 Å². The summed E-state index contributed by atoms with van der Waals surface area (Å²) in [7, 11) is -1.69. The Hall–Kier alpha value is -0.400. The zero-order valence-corrected chi connectivity index (χ0v) is 10.2. The summed E-state index contributed by atoms with van der Waals surface area (Å²) in [6.45, 7) is 0.433. The summed E-state index contributed by atoms with van der Waals surface area (Å²) < 4.78 is 27.0. The summed E-state index contributed by atoms with van der Waals surface area (Å²) in [5, 5.41) is 4.58. The molecule has 0 aliphatic heterocycles. The molecule has 0 aromatic carbocycles. The highest BCUT2D eigenvalue weighted by atomic mass is 79.9. The number of rotatable bonds is 5. The Labute approximate surface area is 91.7 Å². The molecule has 1 aromatic heterocycles. The van der Waals surface area contributed by atoms with E-state index < -0.39 is 10.0 Å². The fourth-order valence-electron chi connectivity index (χ4n) is 0.894. The average Bonchev–Trinajstić information content (AvgIpc) is 2.53. The van der Waals surface area contributed by atoms with Crippen LogP contribution >= 0.6 is 15.9 Å². The normalized spacial score (nSPS) is 11.9. The van der Waals surface area contributed by atoms with Crippen LogP contribution in [0.4, 0.5) is 0 Å². The second-order valence-corrected chi connectivity index (χ2v) is 5.35. The molecule has 0 amide bonds. The van der Waals surface area contributed by atoms with E-state index in [1.165, 1.54) is 17.1 Å². The monoisotopic (exact) mass is 281 g/mol. The number of aromatic nitrogens is 2. The van der Waals surface area contributed by atoms with Crippen molar-refractivity contribution in [2.24, 2.45) is 7.05 Å². The van der Waals surface area contributed by atoms with Gasteiger partial charge < -0.3 is 0 Å². The van der Waals surface area contributed by atoms with Gasteiger partial charge in [-0.15, -0.1) is 0 Å². The maximum atomic E-state index is 11.5. The fraction of sp³-hybridized carbons (Fsp3) is 0.571. The van der Waals surface area contributed by atoms with Crippen molar-refractivity contribution < 1.29 is 8.42 Å². The van der Waals surface area contributed by atoms with Gasteiger partial charge in [0.05, 0.1) is 6.20 Å². The molecule has 0 saturated carbocycles. The van der Waals surface area contributed by atoms with Crippen molar-refractivity contribution in [1.29, 1.82) is 0 Å². The Kier molecular flexibility index (Phi) is 4.09. The quantitative estimate of drug-likeness (QED) is 0.631. The number of hydrogen-bond acceptors (Lipinski definition) is 3. The minimum Gasteiger partial charge on any atom is -0.274 e. The van der Waals surface area contributed by atoms with Gasteiger partial charge in [-0.2, -0.15) is 5.10 Å². The standard InChI is InChI=1S/C7H12BrN3O2S/c1-11-6-7(5-9-11)14(12,13)10-4-2-3-8/h5-6,10H,2-4H2,1H3. The highest BCUT2D eigenvalue weighted by Crippen LogP contribution is 2.05. The lowest BCUT2D eigenvalue weighted by atomic mass is 10.5. The molecule has 0 atom stereocenters. The Balaban J connectivity index is 2.66. The summed E-state index contributed by atoms with van der Waals surface area (Å²) in [6.07, 6.45) is 3.56. The number of alkyl halides is 1. The van der Waals surface area contributed by atoms with Gasteiger partial charge in [-0.3, -0.25) is 4.68 Å². The van der Waals surface area contributed by atoms with E-state index in [4.69, 9.17) is 0 Å². The highest BCUT2D eigenvalue weighted by molar-refractivity contribution is 9.09. The molecule has 0 aliphatic rings. The molecule has 1 N–H and O–H groups in total. The first kappa shape index (κ1) is 11.7. The van der Waals surface area contributed by atoms with Crippen LogP contribution in [-0.4, -0.2) is 30.1 Å². The van der Waals surface area contributed by atoms with Crippen molar-refractivity contribution in [3.63, 3.8) is 0 Å². The van der Waals surface area contributed by atoms with Gasteiger partial charge in [0.25, 0.3) is 0 Å². The first-order valence-electron chi connectivity index (χ1n) is 4.10. The summed E-state index contributed by atoms with van der Waals surface area (Å²) in [6, 6.07) is 0. The number of halogens is 1. The van der Waals surface area contributed by atoms with Gasteiger partial charge in [0, 0.05) is 25.1 Å². The Morgan fingerprint density at radius 2 is 2.36 bits per heavy atom. The maximum Gasteiger partial charge on any atom is 0.243 e. The first-order chi connectivity index (χ1) is 6.56. The minimum atomic E-state index is -3.37. The lowest BCUT2D eigenvalue weighted by Crippen LogP contribution is -2.24. The summed E-state index contributed by atoms with van der Waals surface area (Å²) in [5.74, 6) is 0. The van der Waals surface area contributed by atoms with Gasteiger partial charge in [0.15, 0.2) is 0 Å². The topological polar surface area (TPSA) is 64.0 Å². The van der Waals surface area contributed by atoms with E-state index in [2.05, 4.69) is 25.8 Å². The first-order valence-corrected chi connectivity index (χ1v) is 6.71. The van der Waals surface area contributed by atoms with Gasteiger partial charge >= 0.3 is 0 Å². The molecule has 7 heteroatoms. The molecule has 1 aromatic rings. The van der Waals surface area contributed by atoms with Crippen molar-refractivity contribution in [2.45, 2.75) is 11.3 Å². The highest BCUT2D eigenvalue weighted by Gasteiger charge is 2.14. The van der Waals surface area contributed by atoms with Crippen LogP contribution in [0.5, 0.6) is 0 Å². The van der Waals surface area contributed by atoms with Gasteiger partial charge in [0.1, 0.15) is 4.90 Å². The Bertz CT molecular complexity index is 387. The second kappa shape index (κ2) is 4.90. The smallest absolute Gasteiger partial charge is 0.243 e. The maximum absolute atomic E-state index is 11.5. The minimum absolute atomic E-state index is 0.203. The number of sulfonamides is 1. The van der Waals surface area contributed by atoms with Crippen molar-refractivity contribution in [3.05, 3.63) is 12.4 Å². The summed E-state index contributed by atoms with van der Waals surface area (Å²) >= 11 is 3.23. The SMILES string of the molecule is Cn1cc(S(=O)(=O)NCCCBr)cn1. The van der Waals surface area contributed by atoms with E-state index in [1.54, 1.807) is 7.05 Å². The van der Waals surface area contributed by atoms with E-state index in [0.717, 1.165) is 11.8 Å². The molecule has 1 rings (SSSR count). The van der Waals surface area contributed by atoms with Crippen LogP contribution in [-0.2, 0) is 17.1 Å². The van der Waals surface area contributed by atoms with Gasteiger partial charge in [-0.05, 0) is 6.42 Å². The Morgan fingerprint density at radius 1 is 1.64 bits per heavy atom. The molecule has 14 heavy (non-hydrogen) atoms. The van der Waals surface area contributed by atoms with Crippen LogP contribution in [0.25, 0.3) is 0 Å². The van der Waals surface area contributed by atoms with Crippen LogP contribution in [0.3, 0.4) is 0 Å². The molecule has 5 nitrogen and oxygen atoms in total. The molecule has 80 valence electrons. The molecule has 0 unspecified atom stereocenters. The molecular formula is C7H12BrN3O2S. The molecule has 0 fully saturated rings. The van der Waals surface area contributed by atoms with E-state index in [-0.39, 0.29) is 4.90 Å². The molecule has 0 aliphatic carbocycles. The predicted octanol–water partition coefficient (Wildman–Crippen LogP) is 0.483. The molecular weight excluding hydrogens is 270 g/mol. The molecule has 0 spiro atoms. The average molecular weight is 282 g/mol. The van der Waals surface area contributed by atoms with Crippen LogP contribution in [0.2, 0.25) is 0 Å². The number of nitrogens with zero attached hydrogens (tertiary/aromatic N) is 2. The van der Waals surface area contributed by atoms with E-state index in [1.807, 2.05) is 0 Å².